The molecule has 0 aromatic carbocycles. The zero-order valence-electron chi connectivity index (χ0n) is 18.8. The molecule has 0 rings (SSSR count). The summed E-state index contributed by atoms with van der Waals surface area (Å²) in [4.78, 5) is 12.7. The molecule has 0 aliphatic heterocycles. The molecule has 0 aliphatic rings. The van der Waals surface area contributed by atoms with Crippen molar-refractivity contribution >= 4 is 17.7 Å². The predicted octanol–water partition coefficient (Wildman–Crippen LogP) is 6.27. The third kappa shape index (κ3) is 12.7. The van der Waals surface area contributed by atoms with Crippen LogP contribution in [0, 0.1) is 10.8 Å². The van der Waals surface area contributed by atoms with Crippen molar-refractivity contribution in [2.75, 3.05) is 12.4 Å². The summed E-state index contributed by atoms with van der Waals surface area (Å²) in [6, 6.07) is 0. The molecule has 0 heterocycles. The van der Waals surface area contributed by atoms with E-state index in [9.17, 15) is 4.79 Å². The van der Waals surface area contributed by atoms with Gasteiger partial charge >= 0.3 is 0 Å². The molecule has 1 atom stereocenters. The first-order valence-electron chi connectivity index (χ1n) is 9.91. The number of hydrogen-bond acceptors (Lipinski definition) is 3. The average molecular weight is 376 g/mol. The van der Waals surface area contributed by atoms with E-state index in [1.54, 1.807) is 11.8 Å². The normalized spacial score (nSPS) is 13.7. The maximum Gasteiger partial charge on any atom is 0.226 e. The highest BCUT2D eigenvalue weighted by molar-refractivity contribution is 7.99. The Kier molecular flexibility index (Phi) is 13.2. The molecule has 0 fully saturated rings. The Morgan fingerprint density at radius 3 is 2.04 bits per heavy atom. The number of nitrogens with one attached hydrogen (secondary N) is 1. The fourth-order valence-electron chi connectivity index (χ4n) is 2.70. The van der Waals surface area contributed by atoms with Crippen molar-refractivity contribution in [3.63, 3.8) is 0 Å². The van der Waals surface area contributed by atoms with Crippen LogP contribution < -0.4 is 5.32 Å². The van der Waals surface area contributed by atoms with Gasteiger partial charge in [0, 0.05) is 11.0 Å². The molecule has 0 saturated carbocycles. The van der Waals surface area contributed by atoms with Crippen molar-refractivity contribution in [1.82, 2.24) is 5.32 Å². The Balaban J connectivity index is 0. The molecule has 1 amide bonds. The molecular weight excluding hydrogens is 330 g/mol. The van der Waals surface area contributed by atoms with E-state index < -0.39 is 0 Å². The topological polar surface area (TPSA) is 38.3 Å². The molecule has 3 nitrogen and oxygen atoms in total. The van der Waals surface area contributed by atoms with Crippen molar-refractivity contribution in [3.05, 3.63) is 0 Å². The summed E-state index contributed by atoms with van der Waals surface area (Å²) in [6.07, 6.45) is 2.79. The Bertz CT molecular complexity index is 365. The maximum atomic E-state index is 12.7. The second kappa shape index (κ2) is 12.2. The van der Waals surface area contributed by atoms with E-state index in [4.69, 9.17) is 4.74 Å². The van der Waals surface area contributed by atoms with Crippen LogP contribution in [0.3, 0.4) is 0 Å². The van der Waals surface area contributed by atoms with Gasteiger partial charge in [-0.1, -0.05) is 61.8 Å². The zero-order valence-corrected chi connectivity index (χ0v) is 19.7. The fraction of sp³-hybridized carbons (Fsp3) is 0.952. The number of rotatable bonds is 11. The maximum absolute atomic E-state index is 12.7. The van der Waals surface area contributed by atoms with Gasteiger partial charge in [-0.25, -0.2) is 0 Å². The van der Waals surface area contributed by atoms with Gasteiger partial charge in [0.2, 0.25) is 5.91 Å². The van der Waals surface area contributed by atoms with Crippen LogP contribution in [0.5, 0.6) is 0 Å². The minimum atomic E-state index is -0.358. The first kappa shape index (κ1) is 27.0. The number of thioether (sulfide) groups is 1. The van der Waals surface area contributed by atoms with E-state index in [-0.39, 0.29) is 27.7 Å². The molecule has 1 unspecified atom stereocenters. The summed E-state index contributed by atoms with van der Waals surface area (Å²) >= 11 is 1.80. The summed E-state index contributed by atoms with van der Waals surface area (Å²) in [6.45, 7) is 23.8. The Morgan fingerprint density at radius 2 is 1.60 bits per heavy atom. The lowest BCUT2D eigenvalue weighted by atomic mass is 9.73. The third-order valence-electron chi connectivity index (χ3n) is 4.43. The number of amides is 1. The van der Waals surface area contributed by atoms with Crippen molar-refractivity contribution < 1.29 is 9.53 Å². The van der Waals surface area contributed by atoms with Crippen molar-refractivity contribution in [2.24, 2.45) is 10.8 Å². The minimum Gasteiger partial charge on any atom is -0.368 e. The fourth-order valence-corrected chi connectivity index (χ4v) is 3.37. The lowest BCUT2D eigenvalue weighted by Crippen LogP contribution is -2.50. The molecule has 4 heteroatoms. The molecule has 0 saturated heterocycles. The summed E-state index contributed by atoms with van der Waals surface area (Å²) in [5.74, 6) is 1.20. The Morgan fingerprint density at radius 1 is 1.08 bits per heavy atom. The highest BCUT2D eigenvalue weighted by Crippen LogP contribution is 2.36. The quantitative estimate of drug-likeness (QED) is 0.433. The molecule has 25 heavy (non-hydrogen) atoms. The number of hydrogen-bond donors (Lipinski definition) is 1. The molecule has 0 radical (unpaired) electrons. The molecule has 1 N–H and O–H groups in total. The smallest absolute Gasteiger partial charge is 0.226 e. The largest absolute Gasteiger partial charge is 0.368 e. The van der Waals surface area contributed by atoms with E-state index in [0.29, 0.717) is 6.61 Å². The summed E-state index contributed by atoms with van der Waals surface area (Å²) in [5.41, 5.74) is -0.209. The molecule has 0 bridgehead atoms. The predicted molar refractivity (Wildman–Crippen MR) is 114 cm³/mol. The first-order chi connectivity index (χ1) is 11.4. The van der Waals surface area contributed by atoms with Gasteiger partial charge in [-0.05, 0) is 44.8 Å². The SMILES string of the molecule is CC.CCSC(C)OCCC(C)(C)NC(=O)C(C)(C)CC(C)(C)CC. The van der Waals surface area contributed by atoms with Crippen LogP contribution >= 0.6 is 11.8 Å². The summed E-state index contributed by atoms with van der Waals surface area (Å²) in [7, 11) is 0. The van der Waals surface area contributed by atoms with E-state index in [0.717, 1.165) is 25.0 Å². The first-order valence-corrected chi connectivity index (χ1v) is 11.0. The monoisotopic (exact) mass is 375 g/mol. The molecular formula is C21H45NO2S. The lowest BCUT2D eigenvalue weighted by Gasteiger charge is -2.36. The van der Waals surface area contributed by atoms with Crippen LogP contribution in [-0.2, 0) is 9.53 Å². The number of ether oxygens (including phenoxy) is 1. The molecule has 0 spiro atoms. The molecule has 0 aromatic rings. The highest BCUT2D eigenvalue weighted by Gasteiger charge is 2.36. The molecule has 0 aromatic heterocycles. The van der Waals surface area contributed by atoms with Gasteiger partial charge in [-0.15, -0.1) is 11.8 Å². The summed E-state index contributed by atoms with van der Waals surface area (Å²) < 4.78 is 5.80. The van der Waals surface area contributed by atoms with Crippen LogP contribution in [0.25, 0.3) is 0 Å². The Hall–Kier alpha value is -0.220. The van der Waals surface area contributed by atoms with Crippen molar-refractivity contribution in [1.29, 1.82) is 0 Å². The highest BCUT2D eigenvalue weighted by atomic mass is 32.2. The van der Waals surface area contributed by atoms with Gasteiger partial charge in [0.25, 0.3) is 0 Å². The van der Waals surface area contributed by atoms with E-state index in [1.807, 2.05) is 27.7 Å². The zero-order chi connectivity index (χ0) is 20.3. The van der Waals surface area contributed by atoms with E-state index in [1.165, 1.54) is 0 Å². The van der Waals surface area contributed by atoms with E-state index in [2.05, 4.69) is 53.8 Å². The Labute approximate surface area is 162 Å². The second-order valence-corrected chi connectivity index (χ2v) is 10.1. The second-order valence-electron chi connectivity index (χ2n) is 8.56. The standard InChI is InChI=1S/C19H39NO2S.C2H6/c1-10-17(4,5)14-18(6,7)16(21)20-19(8,9)12-13-22-15(3)23-11-2;1-2/h15H,10-14H2,1-9H3,(H,20,21);1-2H3. The van der Waals surface area contributed by atoms with Crippen LogP contribution in [0.1, 0.15) is 95.4 Å². The van der Waals surface area contributed by atoms with Gasteiger partial charge in [-0.2, -0.15) is 0 Å². The minimum absolute atomic E-state index is 0.139. The van der Waals surface area contributed by atoms with Crippen LogP contribution in [-0.4, -0.2) is 29.2 Å². The van der Waals surface area contributed by atoms with E-state index >= 15 is 0 Å². The third-order valence-corrected chi connectivity index (χ3v) is 5.36. The van der Waals surface area contributed by atoms with Gasteiger partial charge in [0.05, 0.1) is 12.0 Å². The number of carbonyl (C=O) groups is 1. The van der Waals surface area contributed by atoms with Crippen molar-refractivity contribution in [3.8, 4) is 0 Å². The van der Waals surface area contributed by atoms with Gasteiger partial charge in [0.1, 0.15) is 0 Å². The van der Waals surface area contributed by atoms with Crippen molar-refractivity contribution in [2.45, 2.75) is 106 Å². The molecule has 152 valence electrons. The van der Waals surface area contributed by atoms with Gasteiger partial charge in [0.15, 0.2) is 0 Å². The van der Waals surface area contributed by atoms with Gasteiger partial charge in [-0.3, -0.25) is 4.79 Å². The van der Waals surface area contributed by atoms with Crippen LogP contribution in [0.15, 0.2) is 0 Å². The summed E-state index contributed by atoms with van der Waals surface area (Å²) in [5, 5.41) is 3.22. The lowest BCUT2D eigenvalue weighted by molar-refractivity contribution is -0.133. The molecule has 0 aliphatic carbocycles. The average Bonchev–Trinajstić information content (AvgIpc) is 2.47. The number of carbonyl (C=O) groups excluding carboxylic acids is 1. The van der Waals surface area contributed by atoms with Crippen LogP contribution in [0.4, 0.5) is 0 Å². The van der Waals surface area contributed by atoms with Gasteiger partial charge < -0.3 is 10.1 Å². The van der Waals surface area contributed by atoms with Crippen LogP contribution in [0.2, 0.25) is 0 Å².